The first-order valence-electron chi connectivity index (χ1n) is 11.0. The molecule has 4 aromatic rings. The van der Waals surface area contributed by atoms with Crippen LogP contribution in [-0.2, 0) is 16.6 Å². The number of benzene rings is 3. The van der Waals surface area contributed by atoms with Crippen LogP contribution in [0.3, 0.4) is 0 Å². The van der Waals surface area contributed by atoms with Crippen molar-refractivity contribution >= 4 is 21.1 Å². The summed E-state index contributed by atoms with van der Waals surface area (Å²) < 4.78 is 27.7. The molecule has 0 saturated carbocycles. The van der Waals surface area contributed by atoms with Gasteiger partial charge < -0.3 is 9.97 Å². The number of hydrogen-bond acceptors (Lipinski definition) is 5. The van der Waals surface area contributed by atoms with Crippen molar-refractivity contribution in [1.29, 1.82) is 5.26 Å². The molecule has 0 radical (unpaired) electrons. The number of nitriles is 1. The Morgan fingerprint density at radius 2 is 1.59 bits per heavy atom. The molecule has 1 fully saturated rings. The lowest BCUT2D eigenvalue weighted by molar-refractivity contribution is 0.181. The summed E-state index contributed by atoms with van der Waals surface area (Å²) >= 11 is 0. The fraction of sp³-hybridized carbons (Fsp3) is 0.200. The van der Waals surface area contributed by atoms with Gasteiger partial charge in [-0.15, -0.1) is 0 Å². The molecule has 2 heterocycles. The van der Waals surface area contributed by atoms with E-state index in [1.54, 1.807) is 6.07 Å². The van der Waals surface area contributed by atoms with E-state index in [9.17, 15) is 18.5 Å². The second-order valence-corrected chi connectivity index (χ2v) is 10.3. The van der Waals surface area contributed by atoms with Crippen LogP contribution in [0.15, 0.2) is 76.4 Å². The van der Waals surface area contributed by atoms with E-state index >= 15 is 0 Å². The first-order valence-corrected chi connectivity index (χ1v) is 12.4. The SMILES string of the molecule is N#Cc1ccccc1-c1ccc(CN2CCN(S(=O)(=O)c3ccc4[nH]c(=O)[nH]c4c3)CC2)cc1. The molecule has 0 amide bonds. The van der Waals surface area contributed by atoms with Gasteiger partial charge in [0.2, 0.25) is 10.0 Å². The molecule has 2 N–H and O–H groups in total. The van der Waals surface area contributed by atoms with Gasteiger partial charge in [0.1, 0.15) is 0 Å². The Hall–Kier alpha value is -3.71. The molecule has 3 aromatic carbocycles. The maximum atomic E-state index is 13.1. The van der Waals surface area contributed by atoms with Gasteiger partial charge in [-0.2, -0.15) is 9.57 Å². The molecule has 1 saturated heterocycles. The third kappa shape index (κ3) is 4.26. The van der Waals surface area contributed by atoms with Crippen LogP contribution in [0.1, 0.15) is 11.1 Å². The Bertz CT molecular complexity index is 1540. The topological polar surface area (TPSA) is 113 Å². The van der Waals surface area contributed by atoms with Gasteiger partial charge in [-0.1, -0.05) is 42.5 Å². The highest BCUT2D eigenvalue weighted by Crippen LogP contribution is 2.25. The first-order chi connectivity index (χ1) is 16.4. The molecule has 1 aliphatic rings. The Balaban J connectivity index is 1.23. The minimum atomic E-state index is -3.64. The van der Waals surface area contributed by atoms with Crippen LogP contribution in [-0.4, -0.2) is 53.8 Å². The van der Waals surface area contributed by atoms with Crippen molar-refractivity contribution in [3.05, 3.63) is 88.3 Å². The Labute approximate surface area is 197 Å². The van der Waals surface area contributed by atoms with Crippen LogP contribution < -0.4 is 5.69 Å². The molecule has 0 atom stereocenters. The zero-order valence-electron chi connectivity index (χ0n) is 18.4. The number of piperazine rings is 1. The molecule has 0 unspecified atom stereocenters. The Morgan fingerprint density at radius 1 is 0.882 bits per heavy atom. The average Bonchev–Trinajstić information content (AvgIpc) is 3.24. The summed E-state index contributed by atoms with van der Waals surface area (Å²) in [6.07, 6.45) is 0. The van der Waals surface area contributed by atoms with E-state index in [0.717, 1.165) is 23.2 Å². The Kier molecular flexibility index (Phi) is 5.79. The van der Waals surface area contributed by atoms with E-state index in [4.69, 9.17) is 0 Å². The monoisotopic (exact) mass is 473 g/mol. The highest BCUT2D eigenvalue weighted by Gasteiger charge is 2.28. The van der Waals surface area contributed by atoms with Crippen molar-refractivity contribution in [3.8, 4) is 17.2 Å². The van der Waals surface area contributed by atoms with Gasteiger partial charge in [-0.3, -0.25) is 4.90 Å². The summed E-state index contributed by atoms with van der Waals surface area (Å²) in [6.45, 7) is 2.78. The normalized spacial score (nSPS) is 15.4. The molecular formula is C25H23N5O3S. The summed E-state index contributed by atoms with van der Waals surface area (Å²) in [5.74, 6) is 0. The van der Waals surface area contributed by atoms with Crippen molar-refractivity contribution < 1.29 is 8.42 Å². The number of aromatic amines is 2. The lowest BCUT2D eigenvalue weighted by Gasteiger charge is -2.34. The summed E-state index contributed by atoms with van der Waals surface area (Å²) in [5.41, 5.74) is 4.39. The number of sulfonamides is 1. The van der Waals surface area contributed by atoms with Crippen molar-refractivity contribution in [3.63, 3.8) is 0 Å². The van der Waals surface area contributed by atoms with Crippen molar-refractivity contribution in [2.24, 2.45) is 0 Å². The van der Waals surface area contributed by atoms with E-state index in [2.05, 4.69) is 33.1 Å². The number of nitrogens with zero attached hydrogens (tertiary/aromatic N) is 3. The maximum absolute atomic E-state index is 13.1. The van der Waals surface area contributed by atoms with Crippen LogP contribution in [0.25, 0.3) is 22.2 Å². The molecule has 5 rings (SSSR count). The van der Waals surface area contributed by atoms with E-state index in [1.807, 2.05) is 36.4 Å². The van der Waals surface area contributed by atoms with Crippen LogP contribution in [0.2, 0.25) is 0 Å². The third-order valence-electron chi connectivity index (χ3n) is 6.18. The second kappa shape index (κ2) is 8.91. The average molecular weight is 474 g/mol. The van der Waals surface area contributed by atoms with Gasteiger partial charge in [0, 0.05) is 32.7 Å². The van der Waals surface area contributed by atoms with Crippen LogP contribution >= 0.6 is 0 Å². The quantitative estimate of drug-likeness (QED) is 0.463. The molecule has 1 aliphatic heterocycles. The van der Waals surface area contributed by atoms with Crippen molar-refractivity contribution in [1.82, 2.24) is 19.2 Å². The molecule has 0 spiro atoms. The van der Waals surface area contributed by atoms with Crippen molar-refractivity contribution in [2.75, 3.05) is 26.2 Å². The van der Waals surface area contributed by atoms with Crippen LogP contribution in [0, 0.1) is 11.3 Å². The van der Waals surface area contributed by atoms with Gasteiger partial charge in [0.25, 0.3) is 0 Å². The minimum absolute atomic E-state index is 0.178. The van der Waals surface area contributed by atoms with Gasteiger partial charge in [-0.05, 0) is 41.0 Å². The zero-order chi connectivity index (χ0) is 23.7. The third-order valence-corrected chi connectivity index (χ3v) is 8.07. The molecule has 0 bridgehead atoms. The standard InChI is InChI=1S/C25H23N5O3S/c26-16-20-3-1-2-4-22(20)19-7-5-18(6-8-19)17-29-11-13-30(14-12-29)34(32,33)21-9-10-23-24(15-21)28-25(31)27-23/h1-10,15H,11-14,17H2,(H2,27,28,31). The van der Waals surface area contributed by atoms with E-state index in [1.165, 1.54) is 16.4 Å². The van der Waals surface area contributed by atoms with E-state index in [-0.39, 0.29) is 10.6 Å². The maximum Gasteiger partial charge on any atom is 0.323 e. The Morgan fingerprint density at radius 3 is 2.32 bits per heavy atom. The zero-order valence-corrected chi connectivity index (χ0v) is 19.2. The number of H-pyrrole nitrogens is 2. The summed E-state index contributed by atoms with van der Waals surface area (Å²) in [4.78, 5) is 19.1. The number of aromatic nitrogens is 2. The van der Waals surface area contributed by atoms with Gasteiger partial charge in [0.05, 0.1) is 27.6 Å². The number of nitrogens with one attached hydrogen (secondary N) is 2. The lowest BCUT2D eigenvalue weighted by atomic mass is 9.99. The predicted octanol–water partition coefficient (Wildman–Crippen LogP) is 2.90. The molecule has 0 aliphatic carbocycles. The summed E-state index contributed by atoms with van der Waals surface area (Å²) in [6, 6.07) is 22.6. The van der Waals surface area contributed by atoms with Gasteiger partial charge in [-0.25, -0.2) is 13.2 Å². The number of imidazole rings is 1. The highest BCUT2D eigenvalue weighted by molar-refractivity contribution is 7.89. The molecule has 8 nitrogen and oxygen atoms in total. The van der Waals surface area contributed by atoms with Crippen molar-refractivity contribution in [2.45, 2.75) is 11.4 Å². The fourth-order valence-corrected chi connectivity index (χ4v) is 5.78. The van der Waals surface area contributed by atoms with Gasteiger partial charge in [0.15, 0.2) is 0 Å². The second-order valence-electron chi connectivity index (χ2n) is 8.32. The number of hydrogen-bond donors (Lipinski definition) is 2. The summed E-state index contributed by atoms with van der Waals surface area (Å²) in [5, 5.41) is 9.33. The highest BCUT2D eigenvalue weighted by atomic mass is 32.2. The van der Waals surface area contributed by atoms with E-state index < -0.39 is 10.0 Å². The number of fused-ring (bicyclic) bond motifs is 1. The minimum Gasteiger partial charge on any atom is -0.306 e. The van der Waals surface area contributed by atoms with Crippen LogP contribution in [0.4, 0.5) is 0 Å². The van der Waals surface area contributed by atoms with Crippen LogP contribution in [0.5, 0.6) is 0 Å². The first kappa shape index (κ1) is 22.1. The molecule has 9 heteroatoms. The molecule has 172 valence electrons. The lowest BCUT2D eigenvalue weighted by Crippen LogP contribution is -2.48. The largest absolute Gasteiger partial charge is 0.323 e. The smallest absolute Gasteiger partial charge is 0.306 e. The number of rotatable bonds is 5. The summed E-state index contributed by atoms with van der Waals surface area (Å²) in [7, 11) is -3.64. The molecule has 34 heavy (non-hydrogen) atoms. The molecule has 1 aromatic heterocycles. The van der Waals surface area contributed by atoms with Gasteiger partial charge >= 0.3 is 5.69 Å². The van der Waals surface area contributed by atoms with E-state index in [0.29, 0.717) is 42.8 Å². The fourth-order valence-electron chi connectivity index (χ4n) is 4.33. The predicted molar refractivity (Wildman–Crippen MR) is 130 cm³/mol. The molecular weight excluding hydrogens is 450 g/mol.